The molecule has 146 valence electrons. The van der Waals surface area contributed by atoms with Gasteiger partial charge in [0.1, 0.15) is 0 Å². The number of amides is 1. The van der Waals surface area contributed by atoms with Crippen molar-refractivity contribution in [3.05, 3.63) is 64.2 Å². The van der Waals surface area contributed by atoms with Crippen molar-refractivity contribution >= 4 is 40.8 Å². The lowest BCUT2D eigenvalue weighted by Gasteiger charge is -2.15. The summed E-state index contributed by atoms with van der Waals surface area (Å²) >= 11 is 0.955. The maximum atomic E-state index is 12.2. The van der Waals surface area contributed by atoms with E-state index in [9.17, 15) is 24.5 Å². The maximum absolute atomic E-state index is 12.2. The fourth-order valence-electron chi connectivity index (χ4n) is 2.28. The van der Waals surface area contributed by atoms with Gasteiger partial charge in [0.25, 0.3) is 11.6 Å². The van der Waals surface area contributed by atoms with Gasteiger partial charge in [0.05, 0.1) is 21.3 Å². The molecule has 0 aliphatic carbocycles. The molecule has 0 fully saturated rings. The average Bonchev–Trinajstić information content (AvgIpc) is 2.66. The van der Waals surface area contributed by atoms with Gasteiger partial charge in [-0.3, -0.25) is 24.5 Å². The van der Waals surface area contributed by atoms with Crippen molar-refractivity contribution in [3.63, 3.8) is 0 Å². The van der Waals surface area contributed by atoms with Crippen LogP contribution in [-0.2, 0) is 14.3 Å². The van der Waals surface area contributed by atoms with E-state index in [1.54, 1.807) is 30.3 Å². The average molecular weight is 402 g/mol. The standard InChI is InChI=1S/C19H18N2O6S/c1-12(22)14-7-3-4-8-15(14)20-19(24)13(2)27-18(23)11-28-17-10-6-5-9-16(17)21(25)26/h3-10,13H,11H2,1-2H3,(H,20,24)/t13-/m0/s1. The first kappa shape index (κ1) is 21.1. The highest BCUT2D eigenvalue weighted by molar-refractivity contribution is 8.00. The molecule has 28 heavy (non-hydrogen) atoms. The fourth-order valence-corrected chi connectivity index (χ4v) is 3.09. The topological polar surface area (TPSA) is 116 Å². The smallest absolute Gasteiger partial charge is 0.317 e. The second kappa shape index (κ2) is 9.65. The summed E-state index contributed by atoms with van der Waals surface area (Å²) in [6.45, 7) is 2.79. The Hall–Kier alpha value is -3.20. The molecule has 1 amide bonds. The van der Waals surface area contributed by atoms with E-state index in [0.29, 0.717) is 16.1 Å². The van der Waals surface area contributed by atoms with E-state index in [4.69, 9.17) is 4.74 Å². The number of ether oxygens (including phenoxy) is 1. The molecule has 0 aliphatic rings. The first-order chi connectivity index (χ1) is 13.3. The molecule has 0 aliphatic heterocycles. The van der Waals surface area contributed by atoms with Gasteiger partial charge in [-0.05, 0) is 32.0 Å². The molecule has 0 saturated carbocycles. The van der Waals surface area contributed by atoms with Crippen molar-refractivity contribution in [2.24, 2.45) is 0 Å². The summed E-state index contributed by atoms with van der Waals surface area (Å²) in [7, 11) is 0. The molecule has 0 saturated heterocycles. The number of ketones is 1. The largest absolute Gasteiger partial charge is 0.452 e. The highest BCUT2D eigenvalue weighted by Crippen LogP contribution is 2.28. The van der Waals surface area contributed by atoms with Gasteiger partial charge in [-0.2, -0.15) is 0 Å². The van der Waals surface area contributed by atoms with Gasteiger partial charge in [-0.1, -0.05) is 24.3 Å². The SMILES string of the molecule is CC(=O)c1ccccc1NC(=O)[C@H](C)OC(=O)CSc1ccccc1[N+](=O)[O-]. The Morgan fingerprint density at radius 2 is 1.79 bits per heavy atom. The van der Waals surface area contributed by atoms with Gasteiger partial charge in [-0.15, -0.1) is 11.8 Å². The van der Waals surface area contributed by atoms with Crippen LogP contribution in [0.15, 0.2) is 53.4 Å². The quantitative estimate of drug-likeness (QED) is 0.236. The first-order valence-corrected chi connectivity index (χ1v) is 9.24. The molecule has 8 nitrogen and oxygen atoms in total. The molecule has 0 aromatic heterocycles. The third kappa shape index (κ3) is 5.65. The van der Waals surface area contributed by atoms with E-state index in [1.165, 1.54) is 32.0 Å². The predicted molar refractivity (Wildman–Crippen MR) is 104 cm³/mol. The Bertz CT molecular complexity index is 915. The summed E-state index contributed by atoms with van der Waals surface area (Å²) in [5.41, 5.74) is 0.574. The molecule has 1 N–H and O–H groups in total. The van der Waals surface area contributed by atoms with Gasteiger partial charge < -0.3 is 10.1 Å². The number of nitrogens with zero attached hydrogens (tertiary/aromatic N) is 1. The molecular weight excluding hydrogens is 384 g/mol. The van der Waals surface area contributed by atoms with Crippen molar-refractivity contribution in [3.8, 4) is 0 Å². The lowest BCUT2D eigenvalue weighted by molar-refractivity contribution is -0.387. The van der Waals surface area contributed by atoms with Crippen LogP contribution in [0.25, 0.3) is 0 Å². The first-order valence-electron chi connectivity index (χ1n) is 8.26. The Morgan fingerprint density at radius 3 is 2.46 bits per heavy atom. The lowest BCUT2D eigenvalue weighted by Crippen LogP contribution is -2.31. The summed E-state index contributed by atoms with van der Waals surface area (Å²) in [5.74, 6) is -1.67. The highest BCUT2D eigenvalue weighted by Gasteiger charge is 2.21. The van der Waals surface area contributed by atoms with Gasteiger partial charge in [-0.25, -0.2) is 0 Å². The van der Waals surface area contributed by atoms with E-state index < -0.39 is 22.9 Å². The number of para-hydroxylation sites is 2. The number of hydrogen-bond donors (Lipinski definition) is 1. The van der Waals surface area contributed by atoms with Gasteiger partial charge in [0.2, 0.25) is 0 Å². The van der Waals surface area contributed by atoms with Crippen molar-refractivity contribution < 1.29 is 24.0 Å². The lowest BCUT2D eigenvalue weighted by atomic mass is 10.1. The predicted octanol–water partition coefficient (Wildman–Crippen LogP) is 3.46. The Kier molecular flexibility index (Phi) is 7.28. The molecular formula is C19H18N2O6S. The minimum atomic E-state index is -1.10. The molecule has 2 aromatic rings. The minimum absolute atomic E-state index is 0.105. The normalized spacial score (nSPS) is 11.4. The van der Waals surface area contributed by atoms with Crippen LogP contribution in [0.4, 0.5) is 11.4 Å². The number of benzene rings is 2. The number of nitro groups is 1. The number of esters is 1. The van der Waals surface area contributed by atoms with Gasteiger partial charge in [0.15, 0.2) is 11.9 Å². The van der Waals surface area contributed by atoms with Crippen molar-refractivity contribution in [1.29, 1.82) is 0 Å². The molecule has 0 bridgehead atoms. The number of carbonyl (C=O) groups excluding carboxylic acids is 3. The fraction of sp³-hybridized carbons (Fsp3) is 0.211. The Labute approximate surface area is 165 Å². The van der Waals surface area contributed by atoms with Crippen LogP contribution in [0, 0.1) is 10.1 Å². The molecule has 0 radical (unpaired) electrons. The monoisotopic (exact) mass is 402 g/mol. The summed E-state index contributed by atoms with van der Waals surface area (Å²) in [5, 5.41) is 13.5. The van der Waals surface area contributed by atoms with E-state index in [2.05, 4.69) is 5.32 Å². The highest BCUT2D eigenvalue weighted by atomic mass is 32.2. The number of Topliss-reactive ketones (excluding diaryl/α,β-unsaturated/α-hetero) is 1. The third-order valence-corrected chi connectivity index (χ3v) is 4.69. The van der Waals surface area contributed by atoms with Crippen molar-refractivity contribution in [1.82, 2.24) is 0 Å². The molecule has 0 spiro atoms. The van der Waals surface area contributed by atoms with Crippen LogP contribution in [0.1, 0.15) is 24.2 Å². The number of thioether (sulfide) groups is 1. The zero-order valence-corrected chi connectivity index (χ0v) is 16.0. The number of carbonyl (C=O) groups is 3. The van der Waals surface area contributed by atoms with Gasteiger partial charge >= 0.3 is 5.97 Å². The number of nitrogens with one attached hydrogen (secondary N) is 1. The molecule has 9 heteroatoms. The van der Waals surface area contributed by atoms with Gasteiger partial charge in [0, 0.05) is 11.6 Å². The molecule has 2 rings (SSSR count). The Balaban J connectivity index is 1.93. The van der Waals surface area contributed by atoms with Crippen LogP contribution in [-0.4, -0.2) is 34.4 Å². The summed E-state index contributed by atoms with van der Waals surface area (Å²) in [4.78, 5) is 46.6. The summed E-state index contributed by atoms with van der Waals surface area (Å²) < 4.78 is 5.08. The van der Waals surface area contributed by atoms with Crippen molar-refractivity contribution in [2.75, 3.05) is 11.1 Å². The van der Waals surface area contributed by atoms with Crippen LogP contribution >= 0.6 is 11.8 Å². The number of rotatable bonds is 8. The van der Waals surface area contributed by atoms with Crippen LogP contribution < -0.4 is 5.32 Å². The van der Waals surface area contributed by atoms with Crippen LogP contribution in [0.2, 0.25) is 0 Å². The minimum Gasteiger partial charge on any atom is -0.452 e. The number of nitro benzene ring substituents is 1. The Morgan fingerprint density at radius 1 is 1.14 bits per heavy atom. The van der Waals surface area contributed by atoms with Crippen LogP contribution in [0.5, 0.6) is 0 Å². The maximum Gasteiger partial charge on any atom is 0.317 e. The van der Waals surface area contributed by atoms with Crippen molar-refractivity contribution in [2.45, 2.75) is 24.8 Å². The zero-order valence-electron chi connectivity index (χ0n) is 15.2. The number of hydrogen-bond acceptors (Lipinski definition) is 7. The van der Waals surface area contributed by atoms with E-state index in [-0.39, 0.29) is 17.2 Å². The third-order valence-electron chi connectivity index (χ3n) is 3.65. The summed E-state index contributed by atoms with van der Waals surface area (Å²) in [6, 6.07) is 12.5. The molecule has 0 unspecified atom stereocenters. The van der Waals surface area contributed by atoms with E-state index >= 15 is 0 Å². The molecule has 1 atom stereocenters. The van der Waals surface area contributed by atoms with E-state index in [1.807, 2.05) is 0 Å². The summed E-state index contributed by atoms with van der Waals surface area (Å²) in [6.07, 6.45) is -1.10. The second-order valence-electron chi connectivity index (χ2n) is 5.74. The van der Waals surface area contributed by atoms with Crippen LogP contribution in [0.3, 0.4) is 0 Å². The zero-order chi connectivity index (χ0) is 20.7. The number of anilines is 1. The molecule has 2 aromatic carbocycles. The molecule has 0 heterocycles. The second-order valence-corrected chi connectivity index (χ2v) is 6.75. The van der Waals surface area contributed by atoms with E-state index in [0.717, 1.165) is 11.8 Å².